The number of piperidine rings is 1. The number of nitrogens with one attached hydrogen (secondary N) is 1. The van der Waals surface area contributed by atoms with E-state index in [1.165, 1.54) is 6.20 Å². The van der Waals surface area contributed by atoms with Crippen LogP contribution in [-0.2, 0) is 7.05 Å². The highest BCUT2D eigenvalue weighted by Gasteiger charge is 2.27. The highest BCUT2D eigenvalue weighted by atomic mass is 35.5. The van der Waals surface area contributed by atoms with Crippen LogP contribution in [-0.4, -0.2) is 27.9 Å². The monoisotopic (exact) mass is 381 g/mol. The first-order valence-electron chi connectivity index (χ1n) is 8.61. The molecular weight excluding hydrogens is 362 g/mol. The lowest BCUT2D eigenvalue weighted by Crippen LogP contribution is -2.34. The molecule has 2 aromatic rings. The van der Waals surface area contributed by atoms with Gasteiger partial charge in [-0.25, -0.2) is 5.53 Å². The SMILES string of the molecule is C=C/C(=C\N=N)c1ccc(Cl)c(C#N)c1N1CCC(c2nncn2C)CC1. The molecule has 1 fully saturated rings. The number of halogens is 1. The van der Waals surface area contributed by atoms with Crippen molar-refractivity contribution in [2.24, 2.45) is 12.2 Å². The second-order valence-corrected chi connectivity index (χ2v) is 6.82. The van der Waals surface area contributed by atoms with Crippen molar-refractivity contribution in [3.8, 4) is 6.07 Å². The Hall–Kier alpha value is -2.98. The lowest BCUT2D eigenvalue weighted by Gasteiger charge is -2.35. The molecule has 27 heavy (non-hydrogen) atoms. The van der Waals surface area contributed by atoms with E-state index >= 15 is 0 Å². The first-order valence-corrected chi connectivity index (χ1v) is 8.99. The molecule has 0 saturated carbocycles. The summed E-state index contributed by atoms with van der Waals surface area (Å²) in [6.07, 6.45) is 6.58. The number of aryl methyl sites for hydroxylation is 1. The van der Waals surface area contributed by atoms with Crippen molar-refractivity contribution >= 4 is 22.9 Å². The molecule has 1 aliphatic heterocycles. The fraction of sp³-hybridized carbons (Fsp3) is 0.316. The molecule has 8 heteroatoms. The van der Waals surface area contributed by atoms with Gasteiger partial charge >= 0.3 is 0 Å². The molecule has 0 amide bonds. The first-order chi connectivity index (χ1) is 13.1. The molecule has 1 saturated heterocycles. The van der Waals surface area contributed by atoms with E-state index in [0.29, 0.717) is 22.1 Å². The Morgan fingerprint density at radius 1 is 1.44 bits per heavy atom. The van der Waals surface area contributed by atoms with E-state index in [1.807, 2.05) is 17.7 Å². The van der Waals surface area contributed by atoms with Gasteiger partial charge in [0.2, 0.25) is 0 Å². The normalized spacial score (nSPS) is 15.4. The van der Waals surface area contributed by atoms with Gasteiger partial charge in [-0.15, -0.1) is 10.2 Å². The summed E-state index contributed by atoms with van der Waals surface area (Å²) in [5.74, 6) is 1.32. The van der Waals surface area contributed by atoms with Gasteiger partial charge in [0, 0.05) is 37.2 Å². The third kappa shape index (κ3) is 3.62. The van der Waals surface area contributed by atoms with Crippen LogP contribution in [0.5, 0.6) is 0 Å². The zero-order valence-electron chi connectivity index (χ0n) is 15.1. The summed E-state index contributed by atoms with van der Waals surface area (Å²) in [5, 5.41) is 21.7. The number of hydrogen-bond acceptors (Lipinski definition) is 6. The average molecular weight is 382 g/mol. The molecule has 0 spiro atoms. The molecule has 3 rings (SSSR count). The predicted molar refractivity (Wildman–Crippen MR) is 105 cm³/mol. The smallest absolute Gasteiger partial charge is 0.135 e. The van der Waals surface area contributed by atoms with Crippen molar-refractivity contribution in [1.82, 2.24) is 14.8 Å². The minimum Gasteiger partial charge on any atom is -0.370 e. The minimum atomic E-state index is 0.333. The minimum absolute atomic E-state index is 0.333. The third-order valence-electron chi connectivity index (χ3n) is 4.90. The molecule has 0 aliphatic carbocycles. The van der Waals surface area contributed by atoms with Crippen LogP contribution in [0.25, 0.3) is 5.57 Å². The topological polar surface area (TPSA) is 93.9 Å². The van der Waals surface area contributed by atoms with Crippen LogP contribution >= 0.6 is 11.6 Å². The van der Waals surface area contributed by atoms with Gasteiger partial charge in [-0.1, -0.05) is 30.3 Å². The van der Waals surface area contributed by atoms with E-state index < -0.39 is 0 Å². The van der Waals surface area contributed by atoms with Crippen LogP contribution in [0.4, 0.5) is 5.69 Å². The van der Waals surface area contributed by atoms with Crippen LogP contribution < -0.4 is 4.90 Å². The maximum absolute atomic E-state index is 9.69. The summed E-state index contributed by atoms with van der Waals surface area (Å²) in [6, 6.07) is 5.79. The second kappa shape index (κ2) is 8.14. The quantitative estimate of drug-likeness (QED) is 0.617. The van der Waals surface area contributed by atoms with Gasteiger partial charge in [0.05, 0.1) is 22.5 Å². The largest absolute Gasteiger partial charge is 0.370 e. The van der Waals surface area contributed by atoms with E-state index in [1.54, 1.807) is 18.5 Å². The summed E-state index contributed by atoms with van der Waals surface area (Å²) < 4.78 is 1.96. The van der Waals surface area contributed by atoms with Crippen LogP contribution in [0.2, 0.25) is 5.02 Å². The lowest BCUT2D eigenvalue weighted by molar-refractivity contribution is 0.474. The number of anilines is 1. The van der Waals surface area contributed by atoms with Crippen molar-refractivity contribution < 1.29 is 0 Å². The summed E-state index contributed by atoms with van der Waals surface area (Å²) in [5.41, 5.74) is 9.85. The standard InChI is InChI=1S/C19H20ClN7/c1-3-13(11-23-22)15-4-5-17(20)16(10-21)18(15)27-8-6-14(7-9-27)19-25-24-12-26(19)2/h3-5,11-12,14,22H,1,6-9H2,2H3/b13-11+,23-22?. The number of rotatable bonds is 5. The Morgan fingerprint density at radius 3 is 2.74 bits per heavy atom. The van der Waals surface area contributed by atoms with Gasteiger partial charge in [-0.05, 0) is 18.9 Å². The molecule has 0 bridgehead atoms. The van der Waals surface area contributed by atoms with E-state index in [0.717, 1.165) is 43.0 Å². The van der Waals surface area contributed by atoms with Gasteiger partial charge in [0.25, 0.3) is 0 Å². The van der Waals surface area contributed by atoms with Gasteiger partial charge in [0.1, 0.15) is 18.2 Å². The van der Waals surface area contributed by atoms with Crippen LogP contribution in [0.3, 0.4) is 0 Å². The number of allylic oxidation sites excluding steroid dienone is 2. The van der Waals surface area contributed by atoms with Crippen molar-refractivity contribution in [3.63, 3.8) is 0 Å². The Morgan fingerprint density at radius 2 is 2.19 bits per heavy atom. The van der Waals surface area contributed by atoms with E-state index in [-0.39, 0.29) is 0 Å². The molecule has 2 heterocycles. The zero-order valence-corrected chi connectivity index (χ0v) is 15.8. The number of benzene rings is 1. The van der Waals surface area contributed by atoms with Crippen molar-refractivity contribution in [2.75, 3.05) is 18.0 Å². The summed E-state index contributed by atoms with van der Waals surface area (Å²) in [6.45, 7) is 5.34. The Bertz CT molecular complexity index is 930. The van der Waals surface area contributed by atoms with E-state index in [9.17, 15) is 5.26 Å². The number of aromatic nitrogens is 3. The molecule has 0 radical (unpaired) electrons. The van der Waals surface area contributed by atoms with Crippen LogP contribution in [0, 0.1) is 16.9 Å². The van der Waals surface area contributed by atoms with Crippen molar-refractivity contribution in [3.05, 3.63) is 59.3 Å². The molecule has 138 valence electrons. The van der Waals surface area contributed by atoms with Gasteiger partial charge in [0.15, 0.2) is 0 Å². The van der Waals surface area contributed by atoms with Gasteiger partial charge in [-0.3, -0.25) is 0 Å². The molecule has 0 atom stereocenters. The predicted octanol–water partition coefficient (Wildman–Crippen LogP) is 4.28. The van der Waals surface area contributed by atoms with Crippen LogP contribution in [0.15, 0.2) is 42.4 Å². The number of hydrogen-bond donors (Lipinski definition) is 1. The average Bonchev–Trinajstić information content (AvgIpc) is 3.12. The maximum Gasteiger partial charge on any atom is 0.135 e. The zero-order chi connectivity index (χ0) is 19.4. The third-order valence-corrected chi connectivity index (χ3v) is 5.21. The fourth-order valence-corrected chi connectivity index (χ4v) is 3.75. The Labute approximate surface area is 163 Å². The van der Waals surface area contributed by atoms with Gasteiger partial charge in [-0.2, -0.15) is 10.4 Å². The molecule has 7 nitrogen and oxygen atoms in total. The van der Waals surface area contributed by atoms with Gasteiger partial charge < -0.3 is 9.47 Å². The molecule has 0 unspecified atom stereocenters. The highest BCUT2D eigenvalue weighted by Crippen LogP contribution is 2.38. The Balaban J connectivity index is 1.97. The van der Waals surface area contributed by atoms with Crippen LogP contribution in [0.1, 0.15) is 35.7 Å². The summed E-state index contributed by atoms with van der Waals surface area (Å²) in [7, 11) is 1.95. The molecule has 1 aromatic heterocycles. The molecule has 1 aromatic carbocycles. The summed E-state index contributed by atoms with van der Waals surface area (Å²) in [4.78, 5) is 2.17. The first kappa shape index (κ1) is 18.8. The second-order valence-electron chi connectivity index (χ2n) is 6.41. The fourth-order valence-electron chi connectivity index (χ4n) is 3.56. The molecular formula is C19H20ClN7. The molecule has 1 aliphatic rings. The molecule has 1 N–H and O–H groups in total. The van der Waals surface area contributed by atoms with Crippen molar-refractivity contribution in [2.45, 2.75) is 18.8 Å². The number of nitrogens with zero attached hydrogens (tertiary/aromatic N) is 6. The van der Waals surface area contributed by atoms with E-state index in [4.69, 9.17) is 17.1 Å². The maximum atomic E-state index is 9.69. The van der Waals surface area contributed by atoms with E-state index in [2.05, 4.69) is 32.9 Å². The lowest BCUT2D eigenvalue weighted by atomic mass is 9.93. The highest BCUT2D eigenvalue weighted by molar-refractivity contribution is 6.32. The number of nitriles is 1. The van der Waals surface area contributed by atoms with Crippen molar-refractivity contribution in [1.29, 1.82) is 10.8 Å². The Kier molecular flexibility index (Phi) is 5.67. The summed E-state index contributed by atoms with van der Waals surface area (Å²) >= 11 is 6.30.